The molecule has 10 atom stereocenters. The SMILES string of the molecule is CO[C@H]1/C=C/O[C@@]2(C)Oc3c(C)c(O)c4c(O)c(c5c(c4c3C2=O)NC2(CCN(C(=O)COc3ccc(COC4COc6nc([N+](=O)[O-])cn6C4)cc3)CC2)N=5)=NC(=O)/C(C)=C\C=C\[C@H](C)[C@H](O)[C@@H](C)[C@@H](O)[C@@H](C)[C@H](OC(C)=O)[C@@H]1C. The number of Topliss-reactive ketones (excluding diaryl/α,β-unsaturated/α-hetero) is 1. The number of ether oxygens (including phenoxy) is 7. The maximum Gasteiger partial charge on any atom is 0.414 e. The number of phenolic OH excluding ortho intramolecular Hbond substituents is 2. The van der Waals surface area contributed by atoms with E-state index in [0.717, 1.165) is 5.56 Å². The van der Waals surface area contributed by atoms with Crippen LogP contribution in [0.5, 0.6) is 29.0 Å². The maximum absolute atomic E-state index is 14.9. The molecule has 5 aliphatic rings. The number of amides is 2. The van der Waals surface area contributed by atoms with Crippen LogP contribution in [0, 0.1) is 40.7 Å². The molecular weight excluding hydrogens is 1050 g/mol. The Balaban J connectivity index is 0.984. The molecule has 6 heterocycles. The molecule has 1 aromatic heterocycles. The average molecular weight is 1120 g/mol. The maximum atomic E-state index is 14.9. The molecule has 432 valence electrons. The van der Waals surface area contributed by atoms with Gasteiger partial charge in [0.15, 0.2) is 12.4 Å². The number of hydrogen-bond acceptors (Lipinski definition) is 20. The lowest BCUT2D eigenvalue weighted by Gasteiger charge is -2.38. The number of aliphatic hydroxyl groups excluding tert-OH is 2. The number of nitro groups is 1. The van der Waals surface area contributed by atoms with Gasteiger partial charge in [-0.15, -0.1) is 0 Å². The van der Waals surface area contributed by atoms with Gasteiger partial charge >= 0.3 is 23.6 Å². The smallest absolute Gasteiger partial charge is 0.414 e. The van der Waals surface area contributed by atoms with Crippen LogP contribution in [-0.4, -0.2) is 139 Å². The Hall–Kier alpha value is -7.93. The average Bonchev–Trinajstić information content (AvgIpc) is 2.54. The number of fused-ring (bicyclic) bond motifs is 2. The molecule has 1 saturated heterocycles. The minimum absolute atomic E-state index is 0.0271. The first-order chi connectivity index (χ1) is 38.4. The molecule has 24 nitrogen and oxygen atoms in total. The van der Waals surface area contributed by atoms with Crippen LogP contribution in [0.25, 0.3) is 10.8 Å². The van der Waals surface area contributed by atoms with Crippen molar-refractivity contribution < 1.29 is 77.7 Å². The number of aliphatic hydroxyl groups is 2. The van der Waals surface area contributed by atoms with E-state index in [0.29, 0.717) is 12.3 Å². The highest BCUT2D eigenvalue weighted by molar-refractivity contribution is 6.21. The summed E-state index contributed by atoms with van der Waals surface area (Å²) in [6.45, 7) is 13.4. The molecule has 1 spiro atoms. The highest BCUT2D eigenvalue weighted by Crippen LogP contribution is 2.51. The van der Waals surface area contributed by atoms with Gasteiger partial charge in [-0.1, -0.05) is 58.1 Å². The third-order valence-corrected chi connectivity index (χ3v) is 16.0. The van der Waals surface area contributed by atoms with Crippen molar-refractivity contribution in [2.75, 3.05) is 38.7 Å². The number of nitrogens with one attached hydrogen (secondary N) is 1. The third-order valence-electron chi connectivity index (χ3n) is 16.0. The number of piperidine rings is 1. The zero-order valence-corrected chi connectivity index (χ0v) is 46.4. The highest BCUT2D eigenvalue weighted by Gasteiger charge is 2.51. The van der Waals surface area contributed by atoms with Crippen LogP contribution in [0.15, 0.2) is 76.6 Å². The summed E-state index contributed by atoms with van der Waals surface area (Å²) in [5.74, 6) is -8.01. The molecule has 0 saturated carbocycles. The number of benzene rings is 3. The molecule has 1 unspecified atom stereocenters. The van der Waals surface area contributed by atoms with Crippen molar-refractivity contribution in [1.82, 2.24) is 14.5 Å². The lowest BCUT2D eigenvalue weighted by atomic mass is 9.78. The number of allylic oxidation sites excluding steroid dienone is 2. The number of esters is 1. The lowest BCUT2D eigenvalue weighted by Crippen LogP contribution is -2.49. The van der Waals surface area contributed by atoms with E-state index in [9.17, 15) is 49.7 Å². The summed E-state index contributed by atoms with van der Waals surface area (Å²) in [6, 6.07) is 7.18. The molecule has 1 fully saturated rings. The zero-order valence-electron chi connectivity index (χ0n) is 46.4. The van der Waals surface area contributed by atoms with Gasteiger partial charge in [-0.25, -0.2) is 4.99 Å². The Morgan fingerprint density at radius 2 is 1.68 bits per heavy atom. The summed E-state index contributed by atoms with van der Waals surface area (Å²) in [4.78, 5) is 80.7. The number of aromatic nitrogens is 2. The van der Waals surface area contributed by atoms with Crippen LogP contribution < -0.4 is 30.2 Å². The summed E-state index contributed by atoms with van der Waals surface area (Å²) < 4.78 is 43.0. The third kappa shape index (κ3) is 11.3. The van der Waals surface area contributed by atoms with Gasteiger partial charge in [0.05, 0.1) is 54.4 Å². The number of imidazole rings is 1. The van der Waals surface area contributed by atoms with E-state index in [1.165, 1.54) is 64.0 Å². The number of nitrogens with zero attached hydrogens (tertiary/aromatic N) is 6. The summed E-state index contributed by atoms with van der Waals surface area (Å²) in [7, 11) is 1.44. The monoisotopic (exact) mass is 1120 g/mol. The quantitative estimate of drug-likeness (QED) is 0.0651. The summed E-state index contributed by atoms with van der Waals surface area (Å²) in [6.07, 6.45) is 4.84. The topological polar surface area (TPSA) is 315 Å². The molecule has 5 aliphatic heterocycles. The Bertz CT molecular complexity index is 3390. The molecule has 5 N–H and O–H groups in total. The second-order valence-corrected chi connectivity index (χ2v) is 21.6. The number of methoxy groups -OCH3 is 1. The summed E-state index contributed by atoms with van der Waals surface area (Å²) in [5.41, 5.74) is -0.0109. The van der Waals surface area contributed by atoms with E-state index in [1.54, 1.807) is 69.0 Å². The number of ketones is 1. The molecule has 9 rings (SSSR count). The number of likely N-dealkylation sites (tertiary alicyclic amines) is 1. The van der Waals surface area contributed by atoms with E-state index in [1.807, 2.05) is 0 Å². The van der Waals surface area contributed by atoms with Gasteiger partial charge in [-0.2, -0.15) is 0 Å². The molecule has 2 amide bonds. The number of carbonyl (C=O) groups excluding carboxylic acids is 4. The predicted octanol–water partition coefficient (Wildman–Crippen LogP) is 4.78. The van der Waals surface area contributed by atoms with Gasteiger partial charge in [0.25, 0.3) is 17.6 Å². The van der Waals surface area contributed by atoms with Crippen LogP contribution in [0.1, 0.15) is 82.8 Å². The van der Waals surface area contributed by atoms with Crippen molar-refractivity contribution in [2.45, 2.75) is 123 Å². The van der Waals surface area contributed by atoms with Gasteiger partial charge < -0.3 is 73.9 Å². The molecule has 3 aromatic carbocycles. The van der Waals surface area contributed by atoms with Crippen LogP contribution in [-0.2, 0) is 46.5 Å². The Morgan fingerprint density at radius 1 is 0.963 bits per heavy atom. The van der Waals surface area contributed by atoms with E-state index < -0.39 is 93.6 Å². The second-order valence-electron chi connectivity index (χ2n) is 21.6. The fraction of sp³-hybridized carbons (Fsp3) is 0.491. The van der Waals surface area contributed by atoms with Gasteiger partial charge in [0.1, 0.15) is 58.6 Å². The van der Waals surface area contributed by atoms with Crippen LogP contribution >= 0.6 is 0 Å². The normalized spacial score (nSPS) is 28.7. The van der Waals surface area contributed by atoms with E-state index in [4.69, 9.17) is 38.2 Å². The fourth-order valence-corrected chi connectivity index (χ4v) is 11.1. The number of hydrogen-bond donors (Lipinski definition) is 5. The number of anilines is 1. The van der Waals surface area contributed by atoms with Crippen LogP contribution in [0.2, 0.25) is 0 Å². The first-order valence-electron chi connectivity index (χ1n) is 26.7. The van der Waals surface area contributed by atoms with Crippen molar-refractivity contribution in [1.29, 1.82) is 0 Å². The summed E-state index contributed by atoms with van der Waals surface area (Å²) >= 11 is 0. The zero-order chi connectivity index (χ0) is 58.4. The minimum Gasteiger partial charge on any atom is -0.507 e. The van der Waals surface area contributed by atoms with Gasteiger partial charge in [0.2, 0.25) is 0 Å². The number of rotatable bonds is 9. The largest absolute Gasteiger partial charge is 0.507 e. The fourth-order valence-electron chi connectivity index (χ4n) is 11.1. The van der Waals surface area contributed by atoms with Crippen molar-refractivity contribution in [3.8, 4) is 29.0 Å². The summed E-state index contributed by atoms with van der Waals surface area (Å²) in [5, 5.41) is 61.6. The Morgan fingerprint density at radius 3 is 2.36 bits per heavy atom. The lowest BCUT2D eigenvalue weighted by molar-refractivity contribution is -0.389. The Labute approximate surface area is 465 Å². The van der Waals surface area contributed by atoms with Crippen molar-refractivity contribution in [3.63, 3.8) is 0 Å². The second kappa shape index (κ2) is 22.9. The molecule has 4 bridgehead atoms. The molecule has 81 heavy (non-hydrogen) atoms. The predicted molar refractivity (Wildman–Crippen MR) is 288 cm³/mol. The first kappa shape index (κ1) is 57.7. The molecule has 24 heteroatoms. The van der Waals surface area contributed by atoms with Gasteiger partial charge in [0, 0.05) is 92.1 Å². The Kier molecular flexibility index (Phi) is 16.3. The first-order valence-corrected chi connectivity index (χ1v) is 26.7. The van der Waals surface area contributed by atoms with Gasteiger partial charge in [-0.3, -0.25) is 28.7 Å². The van der Waals surface area contributed by atoms with Crippen LogP contribution in [0.4, 0.5) is 11.5 Å². The minimum atomic E-state index is -2.05. The van der Waals surface area contributed by atoms with E-state index >= 15 is 0 Å². The molecular formula is C57H67N7O17. The number of aromatic hydroxyl groups is 2. The van der Waals surface area contributed by atoms with Crippen molar-refractivity contribution >= 4 is 45.8 Å². The van der Waals surface area contributed by atoms with Gasteiger partial charge in [-0.05, 0) is 42.5 Å². The number of phenols is 2. The van der Waals surface area contributed by atoms with E-state index in [2.05, 4.69) is 15.3 Å². The molecule has 0 radical (unpaired) electrons. The number of carbonyl (C=O) groups is 4. The van der Waals surface area contributed by atoms with Crippen LogP contribution in [0.3, 0.4) is 0 Å². The standard InChI is InChI=1S/C57H67N7O17/c1-28-11-10-12-29(2)54(72)59-46-45-44(60-57(61-45)18-20-62(21-19-57)40(66)27-77-36-15-13-35(14-16-36)25-76-37-23-63-24-39(64(73)74)58-55(63)78-26-37)41-42(50(46)70)49(69)33(6)52-43(41)53(71)56(8,81-52)79-22-17-38(75-9)30(3)51(80-34(7)65)32(5)48(68)31(4)47(28)67/h10-17,22,24,28,30-32,37-38,47-48,51,60,67-70H,18-21,23,25-27H2,1-9H3/b11-10+,22-17+,29-12-,59-46?/t28-,30+,31+,32+,37?,38-,47-,48+,51+,56-/m0/s1. The van der Waals surface area contributed by atoms with Crippen molar-refractivity contribution in [2.24, 2.45) is 33.7 Å². The highest BCUT2D eigenvalue weighted by atomic mass is 16.7. The van der Waals surface area contributed by atoms with Crippen molar-refractivity contribution in [3.05, 3.63) is 104 Å². The van der Waals surface area contributed by atoms with E-state index in [-0.39, 0.29) is 119 Å². The molecule has 0 aliphatic carbocycles. The molecule has 4 aromatic rings.